The van der Waals surface area contributed by atoms with E-state index in [2.05, 4.69) is 27.4 Å². The van der Waals surface area contributed by atoms with Crippen LogP contribution in [0.4, 0.5) is 0 Å². The van der Waals surface area contributed by atoms with E-state index < -0.39 is 0 Å². The van der Waals surface area contributed by atoms with Crippen LogP contribution in [-0.4, -0.2) is 73.5 Å². The Kier molecular flexibility index (Phi) is 7.15. The molecule has 2 N–H and O–H groups in total. The quantitative estimate of drug-likeness (QED) is 0.432. The number of likely N-dealkylation sites (tertiary alicyclic amines) is 2. The van der Waals surface area contributed by atoms with Gasteiger partial charge in [0.05, 0.1) is 6.26 Å². The monoisotopic (exact) mass is 375 g/mol. The molecular weight excluding hydrogens is 342 g/mol. The van der Waals surface area contributed by atoms with E-state index >= 15 is 0 Å². The second-order valence-corrected chi connectivity index (χ2v) is 7.41. The lowest BCUT2D eigenvalue weighted by Crippen LogP contribution is -2.42. The number of amides is 1. The first-order chi connectivity index (χ1) is 13.2. The maximum absolute atomic E-state index is 12.0. The number of aryl methyl sites for hydroxylation is 1. The Hall–Kier alpha value is -2.02. The van der Waals surface area contributed by atoms with Crippen molar-refractivity contribution in [2.45, 2.75) is 45.6 Å². The topological polar surface area (TPSA) is 73.1 Å². The highest BCUT2D eigenvalue weighted by Crippen LogP contribution is 2.20. The van der Waals surface area contributed by atoms with Crippen LogP contribution in [-0.2, 0) is 0 Å². The van der Waals surface area contributed by atoms with E-state index in [9.17, 15) is 4.79 Å². The van der Waals surface area contributed by atoms with E-state index in [1.165, 1.54) is 32.4 Å². The number of nitrogens with zero attached hydrogens (tertiary/aromatic N) is 3. The molecule has 2 saturated heterocycles. The Balaban J connectivity index is 1.42. The van der Waals surface area contributed by atoms with Crippen molar-refractivity contribution >= 4 is 11.9 Å². The van der Waals surface area contributed by atoms with Gasteiger partial charge in [-0.2, -0.15) is 0 Å². The lowest BCUT2D eigenvalue weighted by molar-refractivity contribution is 0.0925. The van der Waals surface area contributed by atoms with E-state index in [4.69, 9.17) is 9.41 Å². The molecular formula is C20H33N5O2. The second kappa shape index (κ2) is 9.78. The molecule has 0 radical (unpaired) electrons. The third-order valence-corrected chi connectivity index (χ3v) is 5.41. The fraction of sp³-hybridized carbons (Fsp3) is 0.700. The summed E-state index contributed by atoms with van der Waals surface area (Å²) in [6.07, 6.45) is 6.26. The van der Waals surface area contributed by atoms with Crippen LogP contribution in [0.15, 0.2) is 21.7 Å². The number of carbonyl (C=O) groups excluding carboxylic acids is 1. The maximum Gasteiger partial charge on any atom is 0.287 e. The van der Waals surface area contributed by atoms with E-state index in [0.29, 0.717) is 24.9 Å². The maximum atomic E-state index is 12.0. The van der Waals surface area contributed by atoms with Crippen molar-refractivity contribution in [3.63, 3.8) is 0 Å². The largest absolute Gasteiger partial charge is 0.459 e. The molecule has 0 aliphatic carbocycles. The first kappa shape index (κ1) is 19.7. The number of carbonyl (C=O) groups is 1. The molecule has 1 atom stereocenters. The number of aliphatic imine (C=N–C) groups is 1. The Labute approximate surface area is 162 Å². The van der Waals surface area contributed by atoms with Gasteiger partial charge >= 0.3 is 0 Å². The highest BCUT2D eigenvalue weighted by Gasteiger charge is 2.30. The molecule has 1 aromatic heterocycles. The number of nitrogens with one attached hydrogen (secondary N) is 2. The molecule has 1 unspecified atom stereocenters. The van der Waals surface area contributed by atoms with Gasteiger partial charge in [0, 0.05) is 44.3 Å². The smallest absolute Gasteiger partial charge is 0.287 e. The molecule has 0 saturated carbocycles. The fourth-order valence-electron chi connectivity index (χ4n) is 3.92. The lowest BCUT2D eigenvalue weighted by Gasteiger charge is -2.25. The lowest BCUT2D eigenvalue weighted by atomic mass is 10.2. The molecule has 0 aromatic carbocycles. The summed E-state index contributed by atoms with van der Waals surface area (Å²) in [5.41, 5.74) is 0.863. The molecule has 2 fully saturated rings. The van der Waals surface area contributed by atoms with Crippen LogP contribution in [0.1, 0.15) is 48.7 Å². The molecule has 0 spiro atoms. The van der Waals surface area contributed by atoms with E-state index in [1.54, 1.807) is 12.3 Å². The SMILES string of the molecule is CCNC(=NCCCNC(=O)c1occc1C)N1CCC(N2CCCC2)C1. The minimum atomic E-state index is -0.151. The molecule has 2 aliphatic heterocycles. The summed E-state index contributed by atoms with van der Waals surface area (Å²) in [5.74, 6) is 1.26. The molecule has 3 rings (SSSR count). The number of guanidine groups is 1. The minimum Gasteiger partial charge on any atom is -0.459 e. The van der Waals surface area contributed by atoms with E-state index in [0.717, 1.165) is 37.6 Å². The zero-order chi connectivity index (χ0) is 19.1. The van der Waals surface area contributed by atoms with Crippen LogP contribution in [0.5, 0.6) is 0 Å². The van der Waals surface area contributed by atoms with Gasteiger partial charge in [0.15, 0.2) is 11.7 Å². The van der Waals surface area contributed by atoms with Crippen molar-refractivity contribution in [2.75, 3.05) is 45.8 Å². The predicted molar refractivity (Wildman–Crippen MR) is 107 cm³/mol. The minimum absolute atomic E-state index is 0.151. The Morgan fingerprint density at radius 3 is 2.81 bits per heavy atom. The summed E-state index contributed by atoms with van der Waals surface area (Å²) in [6.45, 7) is 10.8. The van der Waals surface area contributed by atoms with Gasteiger partial charge in [-0.05, 0) is 58.7 Å². The molecule has 2 aliphatic rings. The number of hydrogen-bond acceptors (Lipinski definition) is 4. The van der Waals surface area contributed by atoms with Crippen molar-refractivity contribution in [3.8, 4) is 0 Å². The van der Waals surface area contributed by atoms with Crippen molar-refractivity contribution < 1.29 is 9.21 Å². The molecule has 7 heteroatoms. The van der Waals surface area contributed by atoms with Crippen LogP contribution in [0.3, 0.4) is 0 Å². The van der Waals surface area contributed by atoms with Crippen molar-refractivity contribution in [1.29, 1.82) is 0 Å². The molecule has 3 heterocycles. The van der Waals surface area contributed by atoms with Crippen molar-refractivity contribution in [1.82, 2.24) is 20.4 Å². The summed E-state index contributed by atoms with van der Waals surface area (Å²) in [6, 6.07) is 2.47. The number of furan rings is 1. The predicted octanol–water partition coefficient (Wildman–Crippen LogP) is 1.84. The van der Waals surface area contributed by atoms with E-state index in [1.807, 2.05) is 6.92 Å². The van der Waals surface area contributed by atoms with Gasteiger partial charge in [0.2, 0.25) is 0 Å². The number of rotatable bonds is 7. The summed E-state index contributed by atoms with van der Waals surface area (Å²) >= 11 is 0. The highest BCUT2D eigenvalue weighted by atomic mass is 16.3. The van der Waals surface area contributed by atoms with Crippen LogP contribution >= 0.6 is 0 Å². The number of hydrogen-bond donors (Lipinski definition) is 2. The molecule has 7 nitrogen and oxygen atoms in total. The van der Waals surface area contributed by atoms with E-state index in [-0.39, 0.29) is 5.91 Å². The molecule has 0 bridgehead atoms. The van der Waals surface area contributed by atoms with Crippen LogP contribution in [0, 0.1) is 6.92 Å². The second-order valence-electron chi connectivity index (χ2n) is 7.41. The normalized spacial score (nSPS) is 21.0. The van der Waals surface area contributed by atoms with Gasteiger partial charge in [0.25, 0.3) is 5.91 Å². The standard InChI is InChI=1S/C20H33N5O2/c1-3-21-20(25-13-7-17(15-25)24-11-4-5-12-24)23-10-6-9-22-19(26)18-16(2)8-14-27-18/h8,14,17H,3-7,9-13,15H2,1-2H3,(H,21,23)(H,22,26). The Morgan fingerprint density at radius 1 is 1.30 bits per heavy atom. The molecule has 150 valence electrons. The first-order valence-corrected chi connectivity index (χ1v) is 10.3. The van der Waals surface area contributed by atoms with Gasteiger partial charge in [-0.1, -0.05) is 0 Å². The van der Waals surface area contributed by atoms with Gasteiger partial charge in [-0.25, -0.2) is 0 Å². The fourth-order valence-corrected chi connectivity index (χ4v) is 3.92. The zero-order valence-electron chi connectivity index (χ0n) is 16.7. The summed E-state index contributed by atoms with van der Waals surface area (Å²) < 4.78 is 5.21. The summed E-state index contributed by atoms with van der Waals surface area (Å²) in [4.78, 5) is 21.8. The first-order valence-electron chi connectivity index (χ1n) is 10.3. The molecule has 27 heavy (non-hydrogen) atoms. The van der Waals surface area contributed by atoms with Gasteiger partial charge < -0.3 is 20.0 Å². The zero-order valence-corrected chi connectivity index (χ0v) is 16.7. The highest BCUT2D eigenvalue weighted by molar-refractivity contribution is 5.92. The average molecular weight is 376 g/mol. The molecule has 1 amide bonds. The van der Waals surface area contributed by atoms with Crippen LogP contribution in [0.2, 0.25) is 0 Å². The van der Waals surface area contributed by atoms with Crippen LogP contribution in [0.25, 0.3) is 0 Å². The van der Waals surface area contributed by atoms with Crippen molar-refractivity contribution in [2.24, 2.45) is 4.99 Å². The third kappa shape index (κ3) is 5.25. The average Bonchev–Trinajstić information content (AvgIpc) is 3.41. The molecule has 1 aromatic rings. The summed E-state index contributed by atoms with van der Waals surface area (Å²) in [7, 11) is 0. The third-order valence-electron chi connectivity index (χ3n) is 5.41. The van der Waals surface area contributed by atoms with Gasteiger partial charge in [-0.3, -0.25) is 14.7 Å². The van der Waals surface area contributed by atoms with Crippen molar-refractivity contribution in [3.05, 3.63) is 23.7 Å². The van der Waals surface area contributed by atoms with Gasteiger partial charge in [-0.15, -0.1) is 0 Å². The van der Waals surface area contributed by atoms with Gasteiger partial charge in [0.1, 0.15) is 0 Å². The summed E-state index contributed by atoms with van der Waals surface area (Å²) in [5, 5.41) is 6.32. The Bertz CT molecular complexity index is 636. The van der Waals surface area contributed by atoms with Crippen LogP contribution < -0.4 is 10.6 Å². The Morgan fingerprint density at radius 2 is 2.11 bits per heavy atom.